The van der Waals surface area contributed by atoms with Crippen LogP contribution in [0, 0.1) is 5.92 Å². The zero-order valence-corrected chi connectivity index (χ0v) is 12.8. The molecule has 1 amide bonds. The molecule has 0 aromatic heterocycles. The van der Waals surface area contributed by atoms with Gasteiger partial charge < -0.3 is 16.0 Å². The molecule has 5 heteroatoms. The Bertz CT molecular complexity index is 509. The quantitative estimate of drug-likeness (QED) is 0.544. The van der Waals surface area contributed by atoms with Gasteiger partial charge in [0.1, 0.15) is 0 Å². The number of guanidine groups is 1. The number of carbonyl (C=O) groups is 1. The highest BCUT2D eigenvalue weighted by Gasteiger charge is 2.20. The number of amides is 1. The first-order valence-electron chi connectivity index (χ1n) is 7.48. The normalized spacial score (nSPS) is 14.7. The third-order valence-electron chi connectivity index (χ3n) is 3.60. The van der Waals surface area contributed by atoms with Crippen LogP contribution in [0.15, 0.2) is 29.3 Å². The summed E-state index contributed by atoms with van der Waals surface area (Å²) in [4.78, 5) is 15.8. The minimum absolute atomic E-state index is 0.0493. The molecule has 5 nitrogen and oxygen atoms in total. The largest absolute Gasteiger partial charge is 0.356 e. The number of nitrogens with zero attached hydrogens (tertiary/aromatic N) is 1. The van der Waals surface area contributed by atoms with Crippen LogP contribution in [0.2, 0.25) is 0 Å². The van der Waals surface area contributed by atoms with Crippen molar-refractivity contribution in [1.29, 1.82) is 0 Å². The summed E-state index contributed by atoms with van der Waals surface area (Å²) < 4.78 is 0. The molecule has 1 fully saturated rings. The average molecular weight is 288 g/mol. The predicted molar refractivity (Wildman–Crippen MR) is 85.6 cm³/mol. The molecule has 1 aromatic carbocycles. The monoisotopic (exact) mass is 288 g/mol. The topological polar surface area (TPSA) is 65.5 Å². The van der Waals surface area contributed by atoms with Crippen molar-refractivity contribution < 1.29 is 4.79 Å². The maximum atomic E-state index is 11.6. The number of hydrogen-bond donors (Lipinski definition) is 3. The maximum absolute atomic E-state index is 11.6. The van der Waals surface area contributed by atoms with Gasteiger partial charge in [0.2, 0.25) is 0 Å². The molecule has 114 valence electrons. The summed E-state index contributed by atoms with van der Waals surface area (Å²) in [6, 6.07) is 7.71. The number of aliphatic imine (C=N–C) groups is 1. The Morgan fingerprint density at radius 1 is 1.33 bits per heavy atom. The van der Waals surface area contributed by atoms with E-state index in [9.17, 15) is 4.79 Å². The summed E-state index contributed by atoms with van der Waals surface area (Å²) >= 11 is 0. The van der Waals surface area contributed by atoms with Gasteiger partial charge in [-0.1, -0.05) is 12.1 Å². The second-order valence-electron chi connectivity index (χ2n) is 5.35. The fraction of sp³-hybridized carbons (Fsp3) is 0.500. The summed E-state index contributed by atoms with van der Waals surface area (Å²) in [7, 11) is 3.43. The highest BCUT2D eigenvalue weighted by atomic mass is 16.1. The molecule has 0 radical (unpaired) electrons. The Kier molecular flexibility index (Phi) is 5.60. The zero-order valence-electron chi connectivity index (χ0n) is 12.8. The molecule has 2 rings (SSSR count). The van der Waals surface area contributed by atoms with Crippen molar-refractivity contribution in [3.63, 3.8) is 0 Å². The van der Waals surface area contributed by atoms with Gasteiger partial charge in [0, 0.05) is 32.7 Å². The molecule has 1 saturated carbocycles. The van der Waals surface area contributed by atoms with Gasteiger partial charge in [0.25, 0.3) is 5.91 Å². The molecule has 0 saturated heterocycles. The lowest BCUT2D eigenvalue weighted by molar-refractivity contribution is 0.0963. The molecule has 0 unspecified atom stereocenters. The lowest BCUT2D eigenvalue weighted by atomic mass is 10.1. The minimum Gasteiger partial charge on any atom is -0.356 e. The van der Waals surface area contributed by atoms with Gasteiger partial charge in [-0.05, 0) is 42.9 Å². The summed E-state index contributed by atoms with van der Waals surface area (Å²) in [5.41, 5.74) is 1.84. The van der Waals surface area contributed by atoms with Crippen molar-refractivity contribution in [2.24, 2.45) is 10.9 Å². The molecule has 3 N–H and O–H groups in total. The van der Waals surface area contributed by atoms with Crippen LogP contribution in [0.25, 0.3) is 0 Å². The number of rotatable bonds is 6. The van der Waals surface area contributed by atoms with Crippen molar-refractivity contribution >= 4 is 11.9 Å². The van der Waals surface area contributed by atoms with Crippen LogP contribution in [-0.4, -0.2) is 39.1 Å². The zero-order chi connectivity index (χ0) is 15.1. The van der Waals surface area contributed by atoms with E-state index in [0.717, 1.165) is 37.0 Å². The molecular weight excluding hydrogens is 264 g/mol. The Balaban J connectivity index is 1.77. The second-order valence-corrected chi connectivity index (χ2v) is 5.35. The number of carbonyl (C=O) groups excluding carboxylic acids is 1. The van der Waals surface area contributed by atoms with Crippen LogP contribution in [-0.2, 0) is 6.42 Å². The second kappa shape index (κ2) is 7.67. The molecule has 1 aliphatic rings. The van der Waals surface area contributed by atoms with Gasteiger partial charge in [-0.3, -0.25) is 9.79 Å². The lowest BCUT2D eigenvalue weighted by Gasteiger charge is -2.11. The van der Waals surface area contributed by atoms with Gasteiger partial charge in [0.15, 0.2) is 5.96 Å². The molecule has 0 spiro atoms. The van der Waals surface area contributed by atoms with Gasteiger partial charge >= 0.3 is 0 Å². The smallest absolute Gasteiger partial charge is 0.251 e. The molecule has 0 aliphatic heterocycles. The molecule has 1 aromatic rings. The van der Waals surface area contributed by atoms with E-state index in [1.807, 2.05) is 24.3 Å². The first-order chi connectivity index (χ1) is 10.2. The predicted octanol–water partition coefficient (Wildman–Crippen LogP) is 1.16. The standard InChI is InChI=1S/C16H24N4O/c1-17-15(21)14-5-3-4-12(10-14)8-9-19-16(18-2)20-11-13-6-7-13/h3-5,10,13H,6-9,11H2,1-2H3,(H,17,21)(H2,18,19,20). The number of benzene rings is 1. The first-order valence-corrected chi connectivity index (χ1v) is 7.48. The van der Waals surface area contributed by atoms with E-state index >= 15 is 0 Å². The molecule has 1 aliphatic carbocycles. The van der Waals surface area contributed by atoms with Crippen molar-refractivity contribution in [2.75, 3.05) is 27.2 Å². The molecule has 0 atom stereocenters. The Morgan fingerprint density at radius 2 is 2.14 bits per heavy atom. The Labute approximate surface area is 126 Å². The van der Waals surface area contributed by atoms with Crippen LogP contribution >= 0.6 is 0 Å². The van der Waals surface area contributed by atoms with E-state index in [0.29, 0.717) is 5.56 Å². The fourth-order valence-electron chi connectivity index (χ4n) is 2.12. The highest BCUT2D eigenvalue weighted by molar-refractivity contribution is 5.94. The van der Waals surface area contributed by atoms with Crippen LogP contribution in [0.3, 0.4) is 0 Å². The summed E-state index contributed by atoms with van der Waals surface area (Å²) in [5.74, 6) is 1.63. The molecule has 0 bridgehead atoms. The number of hydrogen-bond acceptors (Lipinski definition) is 2. The molecule has 0 heterocycles. The van der Waals surface area contributed by atoms with Crippen molar-refractivity contribution in [1.82, 2.24) is 16.0 Å². The van der Waals surface area contributed by atoms with Crippen LogP contribution in [0.1, 0.15) is 28.8 Å². The van der Waals surface area contributed by atoms with Crippen molar-refractivity contribution in [3.8, 4) is 0 Å². The van der Waals surface area contributed by atoms with E-state index in [1.54, 1.807) is 14.1 Å². The van der Waals surface area contributed by atoms with Gasteiger partial charge in [-0.15, -0.1) is 0 Å². The van der Waals surface area contributed by atoms with Gasteiger partial charge in [-0.2, -0.15) is 0 Å². The maximum Gasteiger partial charge on any atom is 0.251 e. The van der Waals surface area contributed by atoms with E-state index in [-0.39, 0.29) is 5.91 Å². The molecular formula is C16H24N4O. The first kappa shape index (κ1) is 15.4. The fourth-order valence-corrected chi connectivity index (χ4v) is 2.12. The van der Waals surface area contributed by atoms with Crippen LogP contribution in [0.5, 0.6) is 0 Å². The lowest BCUT2D eigenvalue weighted by Crippen LogP contribution is -2.39. The van der Waals surface area contributed by atoms with Crippen molar-refractivity contribution in [3.05, 3.63) is 35.4 Å². The van der Waals surface area contributed by atoms with Gasteiger partial charge in [-0.25, -0.2) is 0 Å². The highest BCUT2D eigenvalue weighted by Crippen LogP contribution is 2.27. The van der Waals surface area contributed by atoms with E-state index < -0.39 is 0 Å². The Morgan fingerprint density at radius 3 is 2.81 bits per heavy atom. The summed E-state index contributed by atoms with van der Waals surface area (Å²) in [6.07, 6.45) is 3.52. The minimum atomic E-state index is -0.0493. The SMILES string of the molecule is CN=C(NCCc1cccc(C(=O)NC)c1)NCC1CC1. The Hall–Kier alpha value is -2.04. The third kappa shape index (κ3) is 5.10. The van der Waals surface area contributed by atoms with Gasteiger partial charge in [0.05, 0.1) is 0 Å². The van der Waals surface area contributed by atoms with E-state index in [1.165, 1.54) is 12.8 Å². The van der Waals surface area contributed by atoms with E-state index in [2.05, 4.69) is 20.9 Å². The summed E-state index contributed by atoms with van der Waals surface area (Å²) in [5, 5.41) is 9.27. The van der Waals surface area contributed by atoms with E-state index in [4.69, 9.17) is 0 Å². The average Bonchev–Trinajstić information content (AvgIpc) is 3.34. The third-order valence-corrected chi connectivity index (χ3v) is 3.60. The van der Waals surface area contributed by atoms with Crippen LogP contribution < -0.4 is 16.0 Å². The van der Waals surface area contributed by atoms with Crippen LogP contribution in [0.4, 0.5) is 0 Å². The molecule has 21 heavy (non-hydrogen) atoms. The van der Waals surface area contributed by atoms with Crippen molar-refractivity contribution in [2.45, 2.75) is 19.3 Å². The number of nitrogens with one attached hydrogen (secondary N) is 3. The summed E-state index contributed by atoms with van der Waals surface area (Å²) in [6.45, 7) is 1.80.